The lowest BCUT2D eigenvalue weighted by Crippen LogP contribution is -2.45. The number of hydrogen-bond acceptors (Lipinski definition) is 4. The summed E-state index contributed by atoms with van der Waals surface area (Å²) in [4.78, 5) is 23.0. The summed E-state index contributed by atoms with van der Waals surface area (Å²) in [7, 11) is 0. The van der Waals surface area contributed by atoms with Crippen LogP contribution in [0.15, 0.2) is 47.3 Å². The van der Waals surface area contributed by atoms with Crippen LogP contribution in [0.5, 0.6) is 0 Å². The molecule has 0 aliphatic rings. The lowest BCUT2D eigenvalue weighted by Gasteiger charge is -2.23. The maximum Gasteiger partial charge on any atom is 0.264 e. The molecular formula is C13H14N4O2. The second-order valence-electron chi connectivity index (χ2n) is 4.33. The van der Waals surface area contributed by atoms with E-state index >= 15 is 0 Å². The number of nitrogens with one attached hydrogen (secondary N) is 2. The first-order valence-corrected chi connectivity index (χ1v) is 5.72. The van der Waals surface area contributed by atoms with E-state index in [1.807, 2.05) is 18.2 Å². The summed E-state index contributed by atoms with van der Waals surface area (Å²) in [5.41, 5.74) is 5.22. The van der Waals surface area contributed by atoms with Gasteiger partial charge in [0, 0.05) is 6.07 Å². The van der Waals surface area contributed by atoms with Crippen molar-refractivity contribution in [2.24, 2.45) is 5.73 Å². The van der Waals surface area contributed by atoms with E-state index in [0.29, 0.717) is 5.56 Å². The van der Waals surface area contributed by atoms with E-state index < -0.39 is 11.4 Å². The van der Waals surface area contributed by atoms with Crippen molar-refractivity contribution < 1.29 is 4.79 Å². The number of rotatable bonds is 3. The highest BCUT2D eigenvalue weighted by molar-refractivity contribution is 5.97. The molecule has 19 heavy (non-hydrogen) atoms. The molecule has 0 saturated heterocycles. The molecule has 0 aliphatic carbocycles. The zero-order valence-corrected chi connectivity index (χ0v) is 10.4. The number of anilines is 1. The Morgan fingerprint density at radius 3 is 2.53 bits per heavy atom. The molecule has 0 saturated carbocycles. The molecule has 98 valence electrons. The zero-order valence-electron chi connectivity index (χ0n) is 10.4. The third-order valence-electron chi connectivity index (χ3n) is 2.77. The monoisotopic (exact) mass is 258 g/mol. The van der Waals surface area contributed by atoms with Crippen molar-refractivity contribution in [1.82, 2.24) is 10.2 Å². The van der Waals surface area contributed by atoms with E-state index in [-0.39, 0.29) is 11.4 Å². The zero-order chi connectivity index (χ0) is 13.9. The standard InChI is InChI=1S/C13H14N4O2/c1-13(14,9-5-3-2-4-6-9)12(19)15-10-7-8-11(18)17-16-10/h2-8H,14H2,1H3,(H,17,18)(H,15,16,19). The summed E-state index contributed by atoms with van der Waals surface area (Å²) in [6.45, 7) is 1.61. The van der Waals surface area contributed by atoms with Crippen molar-refractivity contribution in [2.45, 2.75) is 12.5 Å². The lowest BCUT2D eigenvalue weighted by molar-refractivity contribution is -0.120. The van der Waals surface area contributed by atoms with Gasteiger partial charge in [-0.05, 0) is 18.6 Å². The summed E-state index contributed by atoms with van der Waals surface area (Å²) < 4.78 is 0. The van der Waals surface area contributed by atoms with Crippen LogP contribution in [0.2, 0.25) is 0 Å². The van der Waals surface area contributed by atoms with Crippen molar-refractivity contribution >= 4 is 11.7 Å². The number of hydrogen-bond donors (Lipinski definition) is 3. The molecule has 1 aromatic carbocycles. The highest BCUT2D eigenvalue weighted by atomic mass is 16.2. The largest absolute Gasteiger partial charge is 0.314 e. The molecule has 1 amide bonds. The fourth-order valence-corrected chi connectivity index (χ4v) is 1.58. The van der Waals surface area contributed by atoms with Gasteiger partial charge in [0.2, 0.25) is 5.91 Å². The van der Waals surface area contributed by atoms with Gasteiger partial charge in [-0.25, -0.2) is 5.10 Å². The van der Waals surface area contributed by atoms with Crippen molar-refractivity contribution in [1.29, 1.82) is 0 Å². The Bertz CT molecular complexity index is 614. The molecule has 1 heterocycles. The number of aromatic nitrogens is 2. The predicted molar refractivity (Wildman–Crippen MR) is 71.5 cm³/mol. The summed E-state index contributed by atoms with van der Waals surface area (Å²) in [5, 5.41) is 8.50. The average Bonchev–Trinajstić information content (AvgIpc) is 2.42. The van der Waals surface area contributed by atoms with Gasteiger partial charge >= 0.3 is 0 Å². The normalized spacial score (nSPS) is 13.6. The quantitative estimate of drug-likeness (QED) is 0.749. The van der Waals surface area contributed by atoms with Crippen LogP contribution < -0.4 is 16.6 Å². The van der Waals surface area contributed by atoms with Crippen LogP contribution in [-0.2, 0) is 10.3 Å². The van der Waals surface area contributed by atoms with Crippen LogP contribution in [0, 0.1) is 0 Å². The third kappa shape index (κ3) is 2.86. The fraction of sp³-hybridized carbons (Fsp3) is 0.154. The van der Waals surface area contributed by atoms with Crippen molar-refractivity contribution in [3.8, 4) is 0 Å². The number of carbonyl (C=O) groups excluding carboxylic acids is 1. The number of aromatic amines is 1. The molecule has 0 bridgehead atoms. The van der Waals surface area contributed by atoms with Crippen LogP contribution in [0.3, 0.4) is 0 Å². The molecule has 1 unspecified atom stereocenters. The summed E-state index contributed by atoms with van der Waals surface area (Å²) in [6.07, 6.45) is 0. The van der Waals surface area contributed by atoms with E-state index in [9.17, 15) is 9.59 Å². The second-order valence-corrected chi connectivity index (χ2v) is 4.33. The second kappa shape index (κ2) is 5.03. The molecule has 0 aliphatic heterocycles. The molecule has 2 rings (SSSR count). The maximum absolute atomic E-state index is 12.2. The van der Waals surface area contributed by atoms with Crippen LogP contribution in [0.25, 0.3) is 0 Å². The van der Waals surface area contributed by atoms with E-state index in [1.165, 1.54) is 12.1 Å². The lowest BCUT2D eigenvalue weighted by atomic mass is 9.92. The summed E-state index contributed by atoms with van der Waals surface area (Å²) >= 11 is 0. The molecule has 0 fully saturated rings. The van der Waals surface area contributed by atoms with Crippen LogP contribution in [0.4, 0.5) is 5.82 Å². The number of amides is 1. The van der Waals surface area contributed by atoms with E-state index in [2.05, 4.69) is 15.5 Å². The van der Waals surface area contributed by atoms with Crippen LogP contribution >= 0.6 is 0 Å². The van der Waals surface area contributed by atoms with Crippen molar-refractivity contribution in [2.75, 3.05) is 5.32 Å². The highest BCUT2D eigenvalue weighted by Gasteiger charge is 2.30. The number of carbonyl (C=O) groups is 1. The molecule has 6 heteroatoms. The van der Waals surface area contributed by atoms with Gasteiger partial charge in [0.1, 0.15) is 5.54 Å². The SMILES string of the molecule is CC(N)(C(=O)Nc1ccc(=O)[nH]n1)c1ccccc1. The Morgan fingerprint density at radius 1 is 1.26 bits per heavy atom. The number of H-pyrrole nitrogens is 1. The molecular weight excluding hydrogens is 244 g/mol. The van der Waals surface area contributed by atoms with Gasteiger partial charge in [-0.3, -0.25) is 9.59 Å². The molecule has 2 aromatic rings. The molecule has 4 N–H and O–H groups in total. The Morgan fingerprint density at radius 2 is 1.95 bits per heavy atom. The number of nitrogens with two attached hydrogens (primary N) is 1. The Hall–Kier alpha value is -2.47. The van der Waals surface area contributed by atoms with E-state index in [0.717, 1.165) is 0 Å². The minimum Gasteiger partial charge on any atom is -0.314 e. The maximum atomic E-state index is 12.2. The predicted octanol–water partition coefficient (Wildman–Crippen LogP) is 0.582. The minimum absolute atomic E-state index is 0.247. The van der Waals surface area contributed by atoms with Crippen molar-refractivity contribution in [3.05, 3.63) is 58.4 Å². The van der Waals surface area contributed by atoms with E-state index in [1.54, 1.807) is 19.1 Å². The average molecular weight is 258 g/mol. The summed E-state index contributed by atoms with van der Waals surface area (Å²) in [5.74, 6) is -0.157. The molecule has 0 radical (unpaired) electrons. The third-order valence-corrected chi connectivity index (χ3v) is 2.77. The first-order chi connectivity index (χ1) is 9.00. The fourth-order valence-electron chi connectivity index (χ4n) is 1.58. The smallest absolute Gasteiger partial charge is 0.264 e. The number of benzene rings is 1. The van der Waals surface area contributed by atoms with Gasteiger partial charge in [-0.15, -0.1) is 0 Å². The Labute approximate surface area is 109 Å². The molecule has 1 aromatic heterocycles. The molecule has 1 atom stereocenters. The molecule has 0 spiro atoms. The van der Waals surface area contributed by atoms with Crippen LogP contribution in [0.1, 0.15) is 12.5 Å². The topological polar surface area (TPSA) is 101 Å². The highest BCUT2D eigenvalue weighted by Crippen LogP contribution is 2.18. The van der Waals surface area contributed by atoms with Crippen molar-refractivity contribution in [3.63, 3.8) is 0 Å². The van der Waals surface area contributed by atoms with Crippen LogP contribution in [-0.4, -0.2) is 16.1 Å². The first kappa shape index (κ1) is 13.0. The molecule has 6 nitrogen and oxygen atoms in total. The van der Waals surface area contributed by atoms with Gasteiger partial charge in [0.25, 0.3) is 5.56 Å². The Balaban J connectivity index is 2.19. The summed E-state index contributed by atoms with van der Waals surface area (Å²) in [6, 6.07) is 11.7. The van der Waals surface area contributed by atoms with Gasteiger partial charge in [0.15, 0.2) is 5.82 Å². The first-order valence-electron chi connectivity index (χ1n) is 5.72. The Kier molecular flexibility index (Phi) is 3.43. The van der Waals surface area contributed by atoms with Gasteiger partial charge in [0.05, 0.1) is 0 Å². The minimum atomic E-state index is -1.18. The van der Waals surface area contributed by atoms with Gasteiger partial charge in [-0.2, -0.15) is 5.10 Å². The van der Waals surface area contributed by atoms with Gasteiger partial charge < -0.3 is 11.1 Å². The van der Waals surface area contributed by atoms with Gasteiger partial charge in [-0.1, -0.05) is 30.3 Å². The van der Waals surface area contributed by atoms with E-state index in [4.69, 9.17) is 5.73 Å². The number of nitrogens with zero attached hydrogens (tertiary/aromatic N) is 1.